The Labute approximate surface area is 163 Å². The average molecular weight is 377 g/mol. The molecule has 0 bridgehead atoms. The molecule has 7 heteroatoms. The van der Waals surface area contributed by atoms with Gasteiger partial charge in [0, 0.05) is 43.7 Å². The Morgan fingerprint density at radius 1 is 1.14 bits per heavy atom. The Hall–Kier alpha value is -2.93. The summed E-state index contributed by atoms with van der Waals surface area (Å²) in [5.41, 5.74) is 2.56. The van der Waals surface area contributed by atoms with Crippen molar-refractivity contribution in [2.75, 3.05) is 37.7 Å². The van der Waals surface area contributed by atoms with Gasteiger partial charge < -0.3 is 18.9 Å². The fourth-order valence-electron chi connectivity index (χ4n) is 3.98. The highest BCUT2D eigenvalue weighted by Crippen LogP contribution is 2.24. The van der Waals surface area contributed by atoms with Gasteiger partial charge in [-0.1, -0.05) is 6.07 Å². The van der Waals surface area contributed by atoms with Crippen LogP contribution in [-0.4, -0.2) is 58.0 Å². The summed E-state index contributed by atoms with van der Waals surface area (Å²) in [6, 6.07) is 9.76. The minimum atomic E-state index is -0.223. The number of amides is 1. The van der Waals surface area contributed by atoms with Crippen molar-refractivity contribution >= 4 is 17.4 Å². The topological polar surface area (TPSA) is 63.0 Å². The molecule has 2 aliphatic heterocycles. The summed E-state index contributed by atoms with van der Waals surface area (Å²) in [5, 5.41) is 0. The monoisotopic (exact) mass is 377 g/mol. The molecule has 1 unspecified atom stereocenters. The lowest BCUT2D eigenvalue weighted by Gasteiger charge is -2.32. The van der Waals surface area contributed by atoms with E-state index in [-0.39, 0.29) is 12.0 Å². The second-order valence-corrected chi connectivity index (χ2v) is 7.35. The number of morpholine rings is 1. The molecular weight excluding hydrogens is 354 g/mol. The van der Waals surface area contributed by atoms with Crippen LogP contribution in [0.25, 0.3) is 5.52 Å². The number of nitrogens with zero attached hydrogens (tertiary/aromatic N) is 5. The molecular formula is C21H23N5O2. The fourth-order valence-corrected chi connectivity index (χ4v) is 3.98. The number of anilines is 1. The first-order chi connectivity index (χ1) is 13.8. The van der Waals surface area contributed by atoms with Crippen LogP contribution in [-0.2, 0) is 4.74 Å². The summed E-state index contributed by atoms with van der Waals surface area (Å²) in [7, 11) is 0. The number of ether oxygens (including phenoxy) is 1. The minimum Gasteiger partial charge on any atom is -0.368 e. The van der Waals surface area contributed by atoms with Gasteiger partial charge in [-0.15, -0.1) is 0 Å². The lowest BCUT2D eigenvalue weighted by Crippen LogP contribution is -2.42. The molecule has 2 fully saturated rings. The average Bonchev–Trinajstić information content (AvgIpc) is 3.43. The first kappa shape index (κ1) is 17.2. The SMILES string of the molecule is O=C(c1cc2ccccn2c1)N1CCOC(c2ccnc(N3CCCC3)n2)C1. The normalized spacial score (nSPS) is 20.1. The van der Waals surface area contributed by atoms with Crippen LogP contribution in [0.2, 0.25) is 0 Å². The largest absolute Gasteiger partial charge is 0.368 e. The van der Waals surface area contributed by atoms with Crippen molar-refractivity contribution in [3.8, 4) is 0 Å². The summed E-state index contributed by atoms with van der Waals surface area (Å²) < 4.78 is 7.92. The molecule has 5 heterocycles. The van der Waals surface area contributed by atoms with E-state index < -0.39 is 0 Å². The van der Waals surface area contributed by atoms with Crippen molar-refractivity contribution in [1.82, 2.24) is 19.3 Å². The Morgan fingerprint density at radius 3 is 2.89 bits per heavy atom. The number of pyridine rings is 1. The van der Waals surface area contributed by atoms with E-state index in [1.165, 1.54) is 12.8 Å². The van der Waals surface area contributed by atoms with Crippen molar-refractivity contribution in [3.05, 3.63) is 60.2 Å². The number of rotatable bonds is 3. The number of aromatic nitrogens is 3. The molecule has 5 rings (SSSR count). The van der Waals surface area contributed by atoms with Crippen LogP contribution < -0.4 is 4.90 Å². The number of carbonyl (C=O) groups is 1. The van der Waals surface area contributed by atoms with Crippen LogP contribution in [0, 0.1) is 0 Å². The Balaban J connectivity index is 1.34. The van der Waals surface area contributed by atoms with Crippen LogP contribution in [0.3, 0.4) is 0 Å². The molecule has 1 atom stereocenters. The van der Waals surface area contributed by atoms with Crippen LogP contribution in [0.15, 0.2) is 48.9 Å². The van der Waals surface area contributed by atoms with Crippen molar-refractivity contribution in [1.29, 1.82) is 0 Å². The molecule has 144 valence electrons. The molecule has 28 heavy (non-hydrogen) atoms. The first-order valence-corrected chi connectivity index (χ1v) is 9.83. The minimum absolute atomic E-state index is 0.0332. The Kier molecular flexibility index (Phi) is 4.44. The molecule has 0 radical (unpaired) electrons. The third-order valence-corrected chi connectivity index (χ3v) is 5.49. The third-order valence-electron chi connectivity index (χ3n) is 5.49. The van der Waals surface area contributed by atoms with Gasteiger partial charge in [0.2, 0.25) is 5.95 Å². The van der Waals surface area contributed by atoms with Crippen LogP contribution >= 0.6 is 0 Å². The molecule has 3 aromatic heterocycles. The lowest BCUT2D eigenvalue weighted by molar-refractivity contribution is -0.0247. The molecule has 0 saturated carbocycles. The van der Waals surface area contributed by atoms with Gasteiger partial charge in [0.1, 0.15) is 6.10 Å². The number of hydrogen-bond donors (Lipinski definition) is 0. The fraction of sp³-hybridized carbons (Fsp3) is 0.381. The molecule has 2 aliphatic rings. The molecule has 0 spiro atoms. The summed E-state index contributed by atoms with van der Waals surface area (Å²) in [5.74, 6) is 0.798. The Morgan fingerprint density at radius 2 is 2.04 bits per heavy atom. The highest BCUT2D eigenvalue weighted by Gasteiger charge is 2.28. The predicted molar refractivity (Wildman–Crippen MR) is 105 cm³/mol. The van der Waals surface area contributed by atoms with Gasteiger partial charge >= 0.3 is 0 Å². The number of hydrogen-bond acceptors (Lipinski definition) is 5. The molecule has 0 aromatic carbocycles. The van der Waals surface area contributed by atoms with Gasteiger partial charge in [-0.2, -0.15) is 0 Å². The number of fused-ring (bicyclic) bond motifs is 1. The maximum Gasteiger partial charge on any atom is 0.255 e. The highest BCUT2D eigenvalue weighted by molar-refractivity contribution is 5.95. The summed E-state index contributed by atoms with van der Waals surface area (Å²) >= 11 is 0. The van der Waals surface area contributed by atoms with Crippen molar-refractivity contribution in [2.45, 2.75) is 18.9 Å². The summed E-state index contributed by atoms with van der Waals surface area (Å²) in [4.78, 5) is 26.3. The maximum atomic E-state index is 13.0. The van der Waals surface area contributed by atoms with E-state index in [1.807, 2.05) is 52.0 Å². The van der Waals surface area contributed by atoms with Crippen LogP contribution in [0.5, 0.6) is 0 Å². The quantitative estimate of drug-likeness (QED) is 0.702. The van der Waals surface area contributed by atoms with Crippen LogP contribution in [0.4, 0.5) is 5.95 Å². The third kappa shape index (κ3) is 3.22. The van der Waals surface area contributed by atoms with E-state index in [4.69, 9.17) is 9.72 Å². The maximum absolute atomic E-state index is 13.0. The van der Waals surface area contributed by atoms with Gasteiger partial charge in [-0.3, -0.25) is 4.79 Å². The van der Waals surface area contributed by atoms with Crippen molar-refractivity contribution < 1.29 is 9.53 Å². The van der Waals surface area contributed by atoms with E-state index >= 15 is 0 Å². The van der Waals surface area contributed by atoms with Crippen molar-refractivity contribution in [2.24, 2.45) is 0 Å². The van der Waals surface area contributed by atoms with Crippen LogP contribution in [0.1, 0.15) is 35.0 Å². The van der Waals surface area contributed by atoms with E-state index in [1.54, 1.807) is 6.20 Å². The molecule has 1 amide bonds. The molecule has 2 saturated heterocycles. The first-order valence-electron chi connectivity index (χ1n) is 9.83. The van der Waals surface area contributed by atoms with Gasteiger partial charge in [-0.05, 0) is 37.1 Å². The zero-order chi connectivity index (χ0) is 18.9. The molecule has 3 aromatic rings. The van der Waals surface area contributed by atoms with E-state index in [0.29, 0.717) is 25.3 Å². The second-order valence-electron chi connectivity index (χ2n) is 7.35. The highest BCUT2D eigenvalue weighted by atomic mass is 16.5. The molecule has 0 N–H and O–H groups in total. The standard InChI is InChI=1S/C21H23N5O2/c27-20(16-13-17-5-1-2-10-25(17)14-16)26-11-12-28-19(15-26)18-6-7-22-21(23-18)24-8-3-4-9-24/h1-2,5-7,10,13-14,19H,3-4,8-9,11-12,15H2. The van der Waals surface area contributed by atoms with Gasteiger partial charge in [-0.25, -0.2) is 9.97 Å². The summed E-state index contributed by atoms with van der Waals surface area (Å²) in [6.45, 7) is 3.60. The predicted octanol–water partition coefficient (Wildman–Crippen LogP) is 2.54. The second kappa shape index (κ2) is 7.24. The molecule has 0 aliphatic carbocycles. The summed E-state index contributed by atoms with van der Waals surface area (Å²) in [6.07, 6.45) is 7.77. The zero-order valence-electron chi connectivity index (χ0n) is 15.7. The van der Waals surface area contributed by atoms with E-state index in [2.05, 4.69) is 9.88 Å². The van der Waals surface area contributed by atoms with E-state index in [0.717, 1.165) is 30.2 Å². The Bertz CT molecular complexity index is 962. The van der Waals surface area contributed by atoms with Crippen molar-refractivity contribution in [3.63, 3.8) is 0 Å². The smallest absolute Gasteiger partial charge is 0.255 e. The molecule has 7 nitrogen and oxygen atoms in total. The zero-order valence-corrected chi connectivity index (χ0v) is 15.7. The van der Waals surface area contributed by atoms with E-state index in [9.17, 15) is 4.79 Å². The lowest BCUT2D eigenvalue weighted by atomic mass is 10.1. The number of carbonyl (C=O) groups excluding carboxylic acids is 1. The van der Waals surface area contributed by atoms with Gasteiger partial charge in [0.15, 0.2) is 0 Å². The van der Waals surface area contributed by atoms with Gasteiger partial charge in [0.25, 0.3) is 5.91 Å². The van der Waals surface area contributed by atoms with Gasteiger partial charge in [0.05, 0.1) is 24.4 Å².